The van der Waals surface area contributed by atoms with E-state index in [2.05, 4.69) is 0 Å². The molecule has 8 aromatic rings. The van der Waals surface area contributed by atoms with Crippen LogP contribution in [0.1, 0.15) is 0 Å². The quantitative estimate of drug-likeness (QED) is 0.148. The van der Waals surface area contributed by atoms with Gasteiger partial charge in [-0.3, -0.25) is 0 Å². The first kappa shape index (κ1) is 28.1. The summed E-state index contributed by atoms with van der Waals surface area (Å²) in [7, 11) is 0. The molecule has 0 bridgehead atoms. The number of para-hydroxylation sites is 3. The van der Waals surface area contributed by atoms with Crippen LogP contribution in [-0.2, 0) is 0 Å². The predicted molar refractivity (Wildman–Crippen MR) is 185 cm³/mol. The van der Waals surface area contributed by atoms with Crippen LogP contribution in [0.15, 0.2) is 170 Å². The summed E-state index contributed by atoms with van der Waals surface area (Å²) in [5.74, 6) is 1.67. The van der Waals surface area contributed by atoms with Gasteiger partial charge in [0.05, 0.1) is 0 Å². The second kappa shape index (κ2) is 11.5. The summed E-state index contributed by atoms with van der Waals surface area (Å²) >= 11 is -6.30. The zero-order valence-electron chi connectivity index (χ0n) is 24.7. The molecule has 0 atom stereocenters. The predicted octanol–water partition coefficient (Wildman–Crippen LogP) is 7.58. The van der Waals surface area contributed by atoms with E-state index in [1.807, 2.05) is 152 Å². The van der Waals surface area contributed by atoms with E-state index in [0.717, 1.165) is 22.7 Å². The van der Waals surface area contributed by atoms with E-state index in [1.165, 1.54) is 0 Å². The summed E-state index contributed by atoms with van der Waals surface area (Å²) < 4.78 is 24.5. The van der Waals surface area contributed by atoms with E-state index in [-0.39, 0.29) is 0 Å². The van der Waals surface area contributed by atoms with Crippen LogP contribution in [0.4, 0.5) is 0 Å². The Morgan fingerprint density at radius 2 is 0.652 bits per heavy atom. The van der Waals surface area contributed by atoms with Crippen LogP contribution in [0, 0.1) is 0 Å². The minimum atomic E-state index is -6.30. The molecular weight excluding hydrogens is 767 g/mol. The summed E-state index contributed by atoms with van der Waals surface area (Å²) in [6, 6.07) is 49.7. The normalized spacial score (nSPS) is 12.4. The van der Waals surface area contributed by atoms with Crippen molar-refractivity contribution in [2.75, 3.05) is 0 Å². The molecule has 0 radical (unpaired) electrons. The van der Waals surface area contributed by atoms with Crippen molar-refractivity contribution in [2.45, 2.75) is 0 Å². The third-order valence-electron chi connectivity index (χ3n) is 7.98. The summed E-state index contributed by atoms with van der Waals surface area (Å²) in [6.07, 6.45) is 5.32. The first-order chi connectivity index (χ1) is 22.7. The molecule has 0 saturated heterocycles. The number of nitrogens with zero attached hydrogens (tertiary/aromatic N) is 3. The fourth-order valence-electron chi connectivity index (χ4n) is 5.88. The van der Waals surface area contributed by atoms with Crippen LogP contribution in [0.5, 0.6) is 17.2 Å². The van der Waals surface area contributed by atoms with Crippen molar-refractivity contribution in [2.24, 2.45) is 0 Å². The van der Waals surface area contributed by atoms with Crippen LogP contribution in [0.25, 0.3) is 32.7 Å². The van der Waals surface area contributed by atoms with Crippen molar-refractivity contribution >= 4 is 59.4 Å². The number of fused-ring (bicyclic) bond motifs is 3. The average Bonchev–Trinajstić information content (AvgIpc) is 3.13. The Hall–Kier alpha value is -5.39. The number of hydrogen-bond acceptors (Lipinski definition) is 6. The molecule has 0 fully saturated rings. The van der Waals surface area contributed by atoms with Gasteiger partial charge in [-0.1, -0.05) is 0 Å². The van der Waals surface area contributed by atoms with Crippen molar-refractivity contribution in [3.05, 3.63) is 170 Å². The molecule has 8 rings (SSSR count). The Morgan fingerprint density at radius 1 is 0.326 bits per heavy atom. The van der Waals surface area contributed by atoms with Gasteiger partial charge in [0.2, 0.25) is 0 Å². The van der Waals surface area contributed by atoms with Gasteiger partial charge in [-0.05, 0) is 0 Å². The number of rotatable bonds is 8. The van der Waals surface area contributed by atoms with Gasteiger partial charge in [0.1, 0.15) is 0 Å². The Kier molecular flexibility index (Phi) is 7.04. The molecule has 3 heterocycles. The molecule has 5 aromatic carbocycles. The van der Waals surface area contributed by atoms with Gasteiger partial charge in [-0.15, -0.1) is 0 Å². The van der Waals surface area contributed by atoms with E-state index >= 15 is 0 Å². The summed E-state index contributed by atoms with van der Waals surface area (Å²) in [6.45, 7) is 0. The maximum absolute atomic E-state index is 7.63. The van der Waals surface area contributed by atoms with Gasteiger partial charge < -0.3 is 0 Å². The molecule has 0 spiro atoms. The van der Waals surface area contributed by atoms with Gasteiger partial charge in [0.15, 0.2) is 0 Å². The number of pyridine rings is 3. The average molecular weight is 796 g/mol. The van der Waals surface area contributed by atoms with Gasteiger partial charge in [-0.25, -0.2) is 0 Å². The second-order valence-electron chi connectivity index (χ2n) is 10.8. The zero-order valence-corrected chi connectivity index (χ0v) is 28.2. The first-order valence-electron chi connectivity index (χ1n) is 15.0. The van der Waals surface area contributed by atoms with Crippen LogP contribution < -0.4 is 15.0 Å². The monoisotopic (exact) mass is 795 g/mol. The molecular formula is C39H28BiN3O3. The fraction of sp³-hybridized carbons (Fsp3) is 0. The summed E-state index contributed by atoms with van der Waals surface area (Å²) in [4.78, 5) is 14.3. The number of benzene rings is 5. The summed E-state index contributed by atoms with van der Waals surface area (Å²) in [5, 5.41) is 2.82. The third kappa shape index (κ3) is 4.72. The van der Waals surface area contributed by atoms with Crippen LogP contribution in [0.3, 0.4) is 0 Å². The first-order valence-corrected chi connectivity index (χ1v) is 22.7. The van der Waals surface area contributed by atoms with E-state index in [4.69, 9.17) is 23.4 Å². The Labute approximate surface area is 268 Å². The van der Waals surface area contributed by atoms with Gasteiger partial charge >= 0.3 is 270 Å². The van der Waals surface area contributed by atoms with Crippen LogP contribution in [0.2, 0.25) is 0 Å². The summed E-state index contributed by atoms with van der Waals surface area (Å²) in [5.41, 5.74) is 2.12. The van der Waals surface area contributed by atoms with E-state index in [9.17, 15) is 0 Å². The second-order valence-corrected chi connectivity index (χ2v) is 23.8. The van der Waals surface area contributed by atoms with E-state index in [1.54, 1.807) is 18.6 Å². The van der Waals surface area contributed by atoms with E-state index in [0.29, 0.717) is 33.8 Å². The number of aromatic nitrogens is 3. The van der Waals surface area contributed by atoms with Crippen LogP contribution >= 0.6 is 0 Å². The Morgan fingerprint density at radius 3 is 1.00 bits per heavy atom. The maximum atomic E-state index is 7.63. The van der Waals surface area contributed by atoms with Crippen LogP contribution in [-0.4, -0.2) is 35.1 Å². The molecule has 0 N–H and O–H groups in total. The van der Waals surface area contributed by atoms with E-state index < -0.39 is 20.1 Å². The Balaban J connectivity index is 1.53. The van der Waals surface area contributed by atoms with Gasteiger partial charge in [-0.2, -0.15) is 0 Å². The molecule has 0 aliphatic heterocycles. The molecule has 0 aliphatic carbocycles. The molecule has 222 valence electrons. The topological polar surface area (TPSA) is 66.4 Å². The van der Waals surface area contributed by atoms with Crippen molar-refractivity contribution in [1.82, 2.24) is 15.0 Å². The molecule has 0 saturated carbocycles. The van der Waals surface area contributed by atoms with Gasteiger partial charge in [0.25, 0.3) is 0 Å². The molecule has 0 aliphatic rings. The van der Waals surface area contributed by atoms with Crippen molar-refractivity contribution in [3.8, 4) is 17.2 Å². The molecule has 0 unspecified atom stereocenters. The molecule has 46 heavy (non-hydrogen) atoms. The zero-order chi connectivity index (χ0) is 30.8. The fourth-order valence-corrected chi connectivity index (χ4v) is 21.2. The number of hydrogen-bond donors (Lipinski definition) is 0. The molecule has 7 heteroatoms. The van der Waals surface area contributed by atoms with Crippen molar-refractivity contribution in [1.29, 1.82) is 0 Å². The van der Waals surface area contributed by atoms with Crippen molar-refractivity contribution < 1.29 is 8.44 Å². The minimum absolute atomic E-state index is 0.555. The standard InChI is InChI=1S/3C9H7NO.2C6H5.Bi/c3*11-8-5-1-3-7-4-2-6-10-9(7)8;2*1-2-4-6-5-3-1;/h3*1-6,11H;2*1-5H;/q;;;;;+3/p-3. The van der Waals surface area contributed by atoms with Gasteiger partial charge in [0, 0.05) is 0 Å². The third-order valence-corrected chi connectivity index (χ3v) is 23.4. The Bertz CT molecular complexity index is 2080. The van der Waals surface area contributed by atoms with Crippen molar-refractivity contribution in [3.63, 3.8) is 0 Å². The SMILES string of the molecule is c1cc[c]([Bi]([O]c2cccc3cccnc23)([O]c2cccc3cccnc23)([O]c2cccc3cccnc23)[c]2ccccc2)cc1. The molecule has 6 nitrogen and oxygen atoms in total. The molecule has 0 amide bonds. The molecule has 3 aromatic heterocycles.